The first-order chi connectivity index (χ1) is 16.8. The number of ether oxygens (including phenoxy) is 1. The summed E-state index contributed by atoms with van der Waals surface area (Å²) in [6, 6.07) is 5.90. The Morgan fingerprint density at radius 3 is 2.43 bits per heavy atom. The smallest absolute Gasteiger partial charge is 0.279 e. The molecule has 188 valence electrons. The molecule has 2 aromatic rings. The molecular weight excluding hydrogens is 474 g/mol. The Kier molecular flexibility index (Phi) is 9.26. The highest BCUT2D eigenvalue weighted by Gasteiger charge is 2.22. The molecule has 0 spiro atoms. The predicted molar refractivity (Wildman–Crippen MR) is 129 cm³/mol. The maximum atomic E-state index is 13.0. The molecule has 3 rings (SSSR count). The Balaban J connectivity index is 1.80. The van der Waals surface area contributed by atoms with E-state index in [0.717, 1.165) is 25.7 Å². The van der Waals surface area contributed by atoms with Gasteiger partial charge < -0.3 is 20.2 Å². The summed E-state index contributed by atoms with van der Waals surface area (Å²) in [7, 11) is -0.493. The highest BCUT2D eigenvalue weighted by atomic mass is 32.2. The Bertz CT molecular complexity index is 1140. The molecule has 11 nitrogen and oxygen atoms in total. The molecule has 0 saturated heterocycles. The van der Waals surface area contributed by atoms with Crippen LogP contribution in [0.25, 0.3) is 0 Å². The number of aromatic nitrogens is 2. The maximum Gasteiger partial charge on any atom is 0.279 e. The number of rotatable bonds is 11. The van der Waals surface area contributed by atoms with Crippen molar-refractivity contribution in [3.05, 3.63) is 47.9 Å². The van der Waals surface area contributed by atoms with Crippen LogP contribution in [0.2, 0.25) is 0 Å². The largest absolute Gasteiger partial charge is 0.392 e. The number of anilines is 1. The molecule has 2 amide bonds. The van der Waals surface area contributed by atoms with Crippen molar-refractivity contribution in [2.45, 2.75) is 43.1 Å². The topological polar surface area (TPSA) is 149 Å². The van der Waals surface area contributed by atoms with Crippen LogP contribution in [0.5, 0.6) is 0 Å². The van der Waals surface area contributed by atoms with Gasteiger partial charge in [-0.2, -0.15) is 0 Å². The fourth-order valence-corrected chi connectivity index (χ4v) is 4.78. The molecule has 1 aliphatic carbocycles. The normalized spacial score (nSPS) is 14.5. The fraction of sp³-hybridized carbons (Fsp3) is 0.435. The molecule has 1 aromatic heterocycles. The monoisotopic (exact) mass is 503 g/mol. The number of hydrogen-bond donors (Lipinski definition) is 2. The lowest BCUT2D eigenvalue weighted by molar-refractivity contribution is -0.110. The maximum absolute atomic E-state index is 13.0. The lowest BCUT2D eigenvalue weighted by Gasteiger charge is -2.12. The van der Waals surface area contributed by atoms with Gasteiger partial charge in [0.2, 0.25) is 0 Å². The minimum absolute atomic E-state index is 0.0302. The summed E-state index contributed by atoms with van der Waals surface area (Å²) in [6.07, 6.45) is 6.56. The highest BCUT2D eigenvalue weighted by molar-refractivity contribution is 7.91. The van der Waals surface area contributed by atoms with Crippen molar-refractivity contribution in [1.29, 1.82) is 0 Å². The third kappa shape index (κ3) is 7.30. The number of hydrogen-bond acceptors (Lipinski definition) is 9. The van der Waals surface area contributed by atoms with Gasteiger partial charge in [0.05, 0.1) is 23.0 Å². The van der Waals surface area contributed by atoms with Gasteiger partial charge in [-0.15, -0.1) is 0 Å². The summed E-state index contributed by atoms with van der Waals surface area (Å²) in [6.45, 7) is 0.347. The number of amides is 2. The average molecular weight is 504 g/mol. The Labute approximate surface area is 204 Å². The van der Waals surface area contributed by atoms with Crippen LogP contribution in [-0.4, -0.2) is 68.5 Å². The van der Waals surface area contributed by atoms with Gasteiger partial charge in [0.25, 0.3) is 11.8 Å². The second kappa shape index (κ2) is 12.4. The molecule has 0 unspecified atom stereocenters. The summed E-state index contributed by atoms with van der Waals surface area (Å²) in [5.74, 6) is -0.939. The molecule has 1 aliphatic rings. The summed E-state index contributed by atoms with van der Waals surface area (Å²) in [5.41, 5.74) is 0.454. The fourth-order valence-electron chi connectivity index (χ4n) is 3.49. The number of carbonyl (C=O) groups is 2. The van der Waals surface area contributed by atoms with Crippen LogP contribution in [-0.2, 0) is 24.2 Å². The van der Waals surface area contributed by atoms with E-state index >= 15 is 0 Å². The third-order valence-electron chi connectivity index (χ3n) is 5.41. The molecule has 1 heterocycles. The number of sulfone groups is 1. The zero-order valence-electron chi connectivity index (χ0n) is 19.7. The van der Waals surface area contributed by atoms with Crippen molar-refractivity contribution in [3.8, 4) is 0 Å². The summed E-state index contributed by atoms with van der Waals surface area (Å²) in [4.78, 5) is 38.5. The van der Waals surface area contributed by atoms with Gasteiger partial charge in [-0.1, -0.05) is 17.3 Å². The van der Waals surface area contributed by atoms with Crippen LogP contribution in [0.4, 0.5) is 5.82 Å². The van der Waals surface area contributed by atoms with E-state index in [1.165, 1.54) is 50.8 Å². The van der Waals surface area contributed by atoms with Crippen LogP contribution < -0.4 is 10.6 Å². The first kappa shape index (κ1) is 26.2. The number of carbonyl (C=O) groups excluding carboxylic acids is 2. The molecule has 35 heavy (non-hydrogen) atoms. The standard InChI is InChI=1S/C23H29N5O6S/c1-24-22(29)19-14-26-20(15-25-19)27-23(30)21(28-34-17-6-3-4-7-17)16-8-10-18(11-9-16)35(31,32)13-5-12-33-2/h8-11,14-15,17H,3-7,12-13H2,1-2H3,(H,24,29)(H,26,27,30). The lowest BCUT2D eigenvalue weighted by Crippen LogP contribution is -2.26. The van der Waals surface area contributed by atoms with E-state index in [2.05, 4.69) is 25.8 Å². The van der Waals surface area contributed by atoms with Crippen LogP contribution >= 0.6 is 0 Å². The number of methoxy groups -OCH3 is 1. The molecule has 0 aliphatic heterocycles. The second-order valence-electron chi connectivity index (χ2n) is 7.96. The SMILES string of the molecule is CNC(=O)c1cnc(NC(=O)C(=NOC2CCCC2)c2ccc(S(=O)(=O)CCCOC)cc2)cn1. The molecule has 0 bridgehead atoms. The molecule has 2 N–H and O–H groups in total. The molecule has 12 heteroatoms. The van der Waals surface area contributed by atoms with Crippen LogP contribution in [0.1, 0.15) is 48.2 Å². The minimum atomic E-state index is -3.49. The number of nitrogens with one attached hydrogen (secondary N) is 2. The van der Waals surface area contributed by atoms with Crippen molar-refractivity contribution in [1.82, 2.24) is 15.3 Å². The summed E-state index contributed by atoms with van der Waals surface area (Å²) >= 11 is 0. The second-order valence-corrected chi connectivity index (χ2v) is 10.1. The predicted octanol–water partition coefficient (Wildman–Crippen LogP) is 1.95. The van der Waals surface area contributed by atoms with Gasteiger partial charge in [0.1, 0.15) is 11.8 Å². The first-order valence-electron chi connectivity index (χ1n) is 11.3. The van der Waals surface area contributed by atoms with Gasteiger partial charge >= 0.3 is 0 Å². The van der Waals surface area contributed by atoms with Gasteiger partial charge in [-0.3, -0.25) is 9.59 Å². The van der Waals surface area contributed by atoms with Gasteiger partial charge in [-0.05, 0) is 44.2 Å². The van der Waals surface area contributed by atoms with E-state index in [1.807, 2.05) is 0 Å². The average Bonchev–Trinajstić information content (AvgIpc) is 3.38. The molecule has 0 atom stereocenters. The quantitative estimate of drug-likeness (QED) is 0.268. The summed E-state index contributed by atoms with van der Waals surface area (Å²) < 4.78 is 30.0. The van der Waals surface area contributed by atoms with Crippen molar-refractivity contribution >= 4 is 33.2 Å². The third-order valence-corrected chi connectivity index (χ3v) is 7.23. The van der Waals surface area contributed by atoms with E-state index in [9.17, 15) is 18.0 Å². The van der Waals surface area contributed by atoms with E-state index in [-0.39, 0.29) is 34.0 Å². The van der Waals surface area contributed by atoms with E-state index < -0.39 is 21.7 Å². The van der Waals surface area contributed by atoms with E-state index in [4.69, 9.17) is 9.57 Å². The molecule has 0 radical (unpaired) electrons. The molecule has 1 fully saturated rings. The number of nitrogens with zero attached hydrogens (tertiary/aromatic N) is 3. The molecular formula is C23H29N5O6S. The lowest BCUT2D eigenvalue weighted by atomic mass is 10.1. The zero-order chi connectivity index (χ0) is 25.3. The van der Waals surface area contributed by atoms with Crippen LogP contribution in [0.15, 0.2) is 46.7 Å². The van der Waals surface area contributed by atoms with Gasteiger partial charge in [-0.25, -0.2) is 18.4 Å². The summed E-state index contributed by atoms with van der Waals surface area (Å²) in [5, 5.41) is 9.14. The number of oxime groups is 1. The van der Waals surface area contributed by atoms with Crippen molar-refractivity contribution in [3.63, 3.8) is 0 Å². The molecule has 1 aromatic carbocycles. The first-order valence-corrected chi connectivity index (χ1v) is 12.9. The molecule has 1 saturated carbocycles. The van der Waals surface area contributed by atoms with Gasteiger partial charge in [0.15, 0.2) is 21.4 Å². The van der Waals surface area contributed by atoms with Crippen molar-refractivity contribution < 1.29 is 27.6 Å². The van der Waals surface area contributed by atoms with E-state index in [1.54, 1.807) is 0 Å². The Hall–Kier alpha value is -3.38. The van der Waals surface area contributed by atoms with Crippen LogP contribution in [0.3, 0.4) is 0 Å². The van der Waals surface area contributed by atoms with Crippen molar-refractivity contribution in [2.24, 2.45) is 5.16 Å². The van der Waals surface area contributed by atoms with Crippen molar-refractivity contribution in [2.75, 3.05) is 31.8 Å². The number of benzene rings is 1. The minimum Gasteiger partial charge on any atom is -0.392 e. The zero-order valence-corrected chi connectivity index (χ0v) is 20.5. The Morgan fingerprint density at radius 2 is 1.83 bits per heavy atom. The Morgan fingerprint density at radius 1 is 1.11 bits per heavy atom. The van der Waals surface area contributed by atoms with Crippen LogP contribution in [0, 0.1) is 0 Å². The van der Waals surface area contributed by atoms with E-state index in [0.29, 0.717) is 18.6 Å². The van der Waals surface area contributed by atoms with Gasteiger partial charge in [0, 0.05) is 26.3 Å². The highest BCUT2D eigenvalue weighted by Crippen LogP contribution is 2.22.